The van der Waals surface area contributed by atoms with Gasteiger partial charge in [-0.25, -0.2) is 0 Å². The van der Waals surface area contributed by atoms with Crippen molar-refractivity contribution in [3.05, 3.63) is 70.6 Å². The summed E-state index contributed by atoms with van der Waals surface area (Å²) in [6.07, 6.45) is -4.90. The molecule has 0 aliphatic carbocycles. The molecule has 1 aromatic heterocycles. The van der Waals surface area contributed by atoms with E-state index in [2.05, 4.69) is 17.5 Å². The molecule has 1 saturated heterocycles. The number of benzene rings is 2. The molecule has 1 fully saturated rings. The molecule has 5 atom stereocenters. The monoisotopic (exact) mass is 386 g/mol. The molecule has 4 N–H and O–H groups in total. The van der Waals surface area contributed by atoms with Gasteiger partial charge in [0.2, 0.25) is 0 Å². The Bertz CT molecular complexity index is 907. The molecule has 0 unspecified atom stereocenters. The molecule has 142 valence electrons. The molecule has 0 amide bonds. The number of ether oxygens (including phenoxy) is 1. The van der Waals surface area contributed by atoms with Crippen LogP contribution >= 0.6 is 11.3 Å². The smallest absolute Gasteiger partial charge is 0.113 e. The van der Waals surface area contributed by atoms with Gasteiger partial charge in [0.05, 0.1) is 6.61 Å². The largest absolute Gasteiger partial charge is 0.394 e. The lowest BCUT2D eigenvalue weighted by molar-refractivity contribution is -0.231. The van der Waals surface area contributed by atoms with Crippen molar-refractivity contribution in [3.8, 4) is 0 Å². The van der Waals surface area contributed by atoms with Gasteiger partial charge in [-0.2, -0.15) is 0 Å². The standard InChI is InChI=1S/C21H22O5S/c22-10-16-18(23)19(24)20(25)21(26-16)13-6-7-17-15(9-13)14(11-27-17)8-12-4-2-1-3-5-12/h1-7,9,11,16,18-25H,8,10H2/t16-,18-,19+,20-,21+/m1/s1. The fraction of sp³-hybridized carbons (Fsp3) is 0.333. The van der Waals surface area contributed by atoms with E-state index in [4.69, 9.17) is 4.74 Å². The first-order valence-corrected chi connectivity index (χ1v) is 9.81. The fourth-order valence-electron chi connectivity index (χ4n) is 3.61. The van der Waals surface area contributed by atoms with Crippen LogP contribution in [-0.4, -0.2) is 51.4 Å². The Morgan fingerprint density at radius 1 is 0.926 bits per heavy atom. The number of hydrogen-bond acceptors (Lipinski definition) is 6. The van der Waals surface area contributed by atoms with Gasteiger partial charge in [0, 0.05) is 4.70 Å². The number of rotatable bonds is 4. The minimum Gasteiger partial charge on any atom is -0.394 e. The molecule has 6 heteroatoms. The minimum atomic E-state index is -1.37. The highest BCUT2D eigenvalue weighted by molar-refractivity contribution is 7.17. The number of fused-ring (bicyclic) bond motifs is 1. The van der Waals surface area contributed by atoms with E-state index in [1.165, 1.54) is 11.1 Å². The summed E-state index contributed by atoms with van der Waals surface area (Å²) in [7, 11) is 0. The maximum atomic E-state index is 10.4. The zero-order valence-electron chi connectivity index (χ0n) is 14.6. The number of aliphatic hydroxyl groups excluding tert-OH is 4. The van der Waals surface area contributed by atoms with Crippen LogP contribution in [0.15, 0.2) is 53.9 Å². The van der Waals surface area contributed by atoms with Crippen molar-refractivity contribution in [3.63, 3.8) is 0 Å². The lowest BCUT2D eigenvalue weighted by atomic mass is 9.90. The molecular formula is C21H22O5S. The molecule has 0 spiro atoms. The maximum Gasteiger partial charge on any atom is 0.113 e. The second kappa shape index (κ2) is 7.67. The minimum absolute atomic E-state index is 0.429. The number of thiophene rings is 1. The Hall–Kier alpha value is -1.80. The van der Waals surface area contributed by atoms with Crippen molar-refractivity contribution in [2.45, 2.75) is 36.9 Å². The third-order valence-electron chi connectivity index (χ3n) is 5.14. The van der Waals surface area contributed by atoms with Crippen LogP contribution in [0.3, 0.4) is 0 Å². The van der Waals surface area contributed by atoms with E-state index in [0.29, 0.717) is 5.56 Å². The second-order valence-corrected chi connectivity index (χ2v) is 7.84. The summed E-state index contributed by atoms with van der Waals surface area (Å²) in [5, 5.41) is 43.0. The van der Waals surface area contributed by atoms with Crippen molar-refractivity contribution < 1.29 is 25.2 Å². The number of hydrogen-bond donors (Lipinski definition) is 4. The zero-order chi connectivity index (χ0) is 19.0. The topological polar surface area (TPSA) is 90.2 Å². The Kier molecular flexibility index (Phi) is 5.27. The van der Waals surface area contributed by atoms with Crippen LogP contribution in [0, 0.1) is 0 Å². The number of aliphatic hydroxyl groups is 4. The van der Waals surface area contributed by atoms with E-state index in [-0.39, 0.29) is 0 Å². The van der Waals surface area contributed by atoms with Crippen LogP contribution < -0.4 is 0 Å². The van der Waals surface area contributed by atoms with Crippen molar-refractivity contribution in [2.24, 2.45) is 0 Å². The van der Waals surface area contributed by atoms with E-state index in [0.717, 1.165) is 16.5 Å². The molecule has 27 heavy (non-hydrogen) atoms. The predicted molar refractivity (Wildman–Crippen MR) is 104 cm³/mol. The molecular weight excluding hydrogens is 364 g/mol. The van der Waals surface area contributed by atoms with E-state index in [1.807, 2.05) is 36.4 Å². The highest BCUT2D eigenvalue weighted by atomic mass is 32.1. The Balaban J connectivity index is 1.67. The van der Waals surface area contributed by atoms with Gasteiger partial charge in [-0.15, -0.1) is 11.3 Å². The summed E-state index contributed by atoms with van der Waals surface area (Å²) >= 11 is 1.66. The van der Waals surface area contributed by atoms with Gasteiger partial charge in [-0.05, 0) is 46.0 Å². The van der Waals surface area contributed by atoms with E-state index >= 15 is 0 Å². The van der Waals surface area contributed by atoms with Crippen LogP contribution in [0.25, 0.3) is 10.1 Å². The van der Waals surface area contributed by atoms with Crippen LogP contribution in [0.5, 0.6) is 0 Å². The summed E-state index contributed by atoms with van der Waals surface area (Å²) in [6.45, 7) is -0.429. The SMILES string of the molecule is OC[C@H]1O[C@@H](c2ccc3scc(Cc4ccccc4)c3c2)[C@H](O)[C@@H](O)[C@@H]1O. The maximum absolute atomic E-state index is 10.4. The average Bonchev–Trinajstić information content (AvgIpc) is 3.09. The van der Waals surface area contributed by atoms with E-state index in [1.54, 1.807) is 11.3 Å². The normalized spacial score (nSPS) is 28.5. The van der Waals surface area contributed by atoms with E-state index < -0.39 is 37.1 Å². The molecule has 2 aromatic carbocycles. The fourth-order valence-corrected chi connectivity index (χ4v) is 4.55. The molecule has 1 aliphatic rings. The summed E-state index contributed by atoms with van der Waals surface area (Å²) in [4.78, 5) is 0. The van der Waals surface area contributed by atoms with Gasteiger partial charge in [-0.1, -0.05) is 36.4 Å². The third-order valence-corrected chi connectivity index (χ3v) is 6.15. The molecule has 3 aromatic rings. The van der Waals surface area contributed by atoms with Crippen molar-refractivity contribution >= 4 is 21.4 Å². The van der Waals surface area contributed by atoms with E-state index in [9.17, 15) is 20.4 Å². The second-order valence-electron chi connectivity index (χ2n) is 6.93. The van der Waals surface area contributed by atoms with Crippen molar-refractivity contribution in [1.82, 2.24) is 0 Å². The first kappa shape index (κ1) is 18.6. The predicted octanol–water partition coefficient (Wildman–Crippen LogP) is 2.01. The van der Waals surface area contributed by atoms with Crippen LogP contribution in [-0.2, 0) is 11.2 Å². The summed E-state index contributed by atoms with van der Waals surface area (Å²) < 4.78 is 6.83. The average molecular weight is 386 g/mol. The lowest BCUT2D eigenvalue weighted by Gasteiger charge is -2.40. The highest BCUT2D eigenvalue weighted by Crippen LogP contribution is 2.36. The van der Waals surface area contributed by atoms with Gasteiger partial charge in [0.25, 0.3) is 0 Å². The molecule has 0 saturated carbocycles. The van der Waals surface area contributed by atoms with Crippen molar-refractivity contribution in [1.29, 1.82) is 0 Å². The molecule has 0 radical (unpaired) electrons. The summed E-state index contributed by atoms with van der Waals surface area (Å²) in [5.41, 5.74) is 3.12. The van der Waals surface area contributed by atoms with Crippen LogP contribution in [0.4, 0.5) is 0 Å². The Morgan fingerprint density at radius 2 is 1.70 bits per heavy atom. The van der Waals surface area contributed by atoms with Gasteiger partial charge in [0.1, 0.15) is 30.5 Å². The van der Waals surface area contributed by atoms with Gasteiger partial charge in [-0.3, -0.25) is 0 Å². The summed E-state index contributed by atoms with van der Waals surface area (Å²) in [5.74, 6) is 0. The van der Waals surface area contributed by atoms with Crippen molar-refractivity contribution in [2.75, 3.05) is 6.61 Å². The molecule has 2 heterocycles. The first-order valence-electron chi connectivity index (χ1n) is 8.93. The lowest BCUT2D eigenvalue weighted by Crippen LogP contribution is -2.55. The first-order chi connectivity index (χ1) is 13.1. The quantitative estimate of drug-likeness (QED) is 0.551. The third kappa shape index (κ3) is 3.52. The van der Waals surface area contributed by atoms with Crippen LogP contribution in [0.2, 0.25) is 0 Å². The van der Waals surface area contributed by atoms with Gasteiger partial charge < -0.3 is 25.2 Å². The molecule has 4 rings (SSSR count). The summed E-state index contributed by atoms with van der Waals surface area (Å²) in [6, 6.07) is 16.0. The highest BCUT2D eigenvalue weighted by Gasteiger charge is 2.43. The Labute approximate surface area is 161 Å². The van der Waals surface area contributed by atoms with Gasteiger partial charge in [0.15, 0.2) is 0 Å². The van der Waals surface area contributed by atoms with Gasteiger partial charge >= 0.3 is 0 Å². The molecule has 5 nitrogen and oxygen atoms in total. The zero-order valence-corrected chi connectivity index (χ0v) is 15.4. The molecule has 0 bridgehead atoms. The van der Waals surface area contributed by atoms with Crippen LogP contribution in [0.1, 0.15) is 22.8 Å². The Morgan fingerprint density at radius 3 is 2.44 bits per heavy atom. The molecule has 1 aliphatic heterocycles.